The Labute approximate surface area is 147 Å². The van der Waals surface area contributed by atoms with E-state index in [4.69, 9.17) is 9.84 Å². The number of amides is 1. The molecule has 2 N–H and O–H groups in total. The Bertz CT molecular complexity index is 738. The molecule has 132 valence electrons. The Kier molecular flexibility index (Phi) is 6.17. The molecule has 0 fully saturated rings. The van der Waals surface area contributed by atoms with Gasteiger partial charge in [0.05, 0.1) is 18.4 Å². The fraction of sp³-hybridized carbons (Fsp3) is 0.300. The van der Waals surface area contributed by atoms with Gasteiger partial charge in [-0.25, -0.2) is 0 Å². The number of rotatable bonds is 7. The first-order valence-electron chi connectivity index (χ1n) is 8.23. The summed E-state index contributed by atoms with van der Waals surface area (Å²) in [6.07, 6.45) is 0.318. The highest BCUT2D eigenvalue weighted by Gasteiger charge is 2.13. The predicted octanol–water partition coefficient (Wildman–Crippen LogP) is 3.84. The van der Waals surface area contributed by atoms with Gasteiger partial charge in [-0.15, -0.1) is 0 Å². The first-order chi connectivity index (χ1) is 11.8. The van der Waals surface area contributed by atoms with E-state index in [1.54, 1.807) is 31.2 Å². The summed E-state index contributed by atoms with van der Waals surface area (Å²) in [4.78, 5) is 23.2. The van der Waals surface area contributed by atoms with Gasteiger partial charge in [-0.2, -0.15) is 0 Å². The summed E-state index contributed by atoms with van der Waals surface area (Å²) in [7, 11) is 0. The van der Waals surface area contributed by atoms with Crippen molar-refractivity contribution < 1.29 is 19.4 Å². The first kappa shape index (κ1) is 18.5. The molecule has 1 atom stereocenters. The Morgan fingerprint density at radius 3 is 2.36 bits per heavy atom. The fourth-order valence-corrected chi connectivity index (χ4v) is 2.39. The summed E-state index contributed by atoms with van der Waals surface area (Å²) >= 11 is 0. The van der Waals surface area contributed by atoms with Crippen molar-refractivity contribution in [1.82, 2.24) is 0 Å². The molecular weight excluding hydrogens is 318 g/mol. The average molecular weight is 341 g/mol. The number of benzene rings is 2. The van der Waals surface area contributed by atoms with Crippen LogP contribution in [-0.2, 0) is 16.0 Å². The van der Waals surface area contributed by atoms with Crippen molar-refractivity contribution in [3.8, 4) is 5.75 Å². The standard InChI is InChI=1S/C20H23NO4/c1-13(2)25-18-6-4-5-15(11-18)12-19(22)21-17-9-7-16(8-10-17)14(3)20(23)24/h4-11,13-14H,12H2,1-3H3,(H,21,22)(H,23,24). The maximum absolute atomic E-state index is 12.2. The third kappa shape index (κ3) is 5.64. The van der Waals surface area contributed by atoms with Gasteiger partial charge in [0.15, 0.2) is 0 Å². The molecule has 0 radical (unpaired) electrons. The van der Waals surface area contributed by atoms with E-state index in [0.717, 1.165) is 11.3 Å². The lowest BCUT2D eigenvalue weighted by atomic mass is 10.0. The van der Waals surface area contributed by atoms with Crippen molar-refractivity contribution in [1.29, 1.82) is 0 Å². The van der Waals surface area contributed by atoms with E-state index in [-0.39, 0.29) is 18.4 Å². The van der Waals surface area contributed by atoms with Crippen LogP contribution < -0.4 is 10.1 Å². The minimum absolute atomic E-state index is 0.0794. The van der Waals surface area contributed by atoms with Crippen LogP contribution in [0, 0.1) is 0 Å². The lowest BCUT2D eigenvalue weighted by Crippen LogP contribution is -2.15. The van der Waals surface area contributed by atoms with Crippen LogP contribution >= 0.6 is 0 Å². The Morgan fingerprint density at radius 1 is 1.08 bits per heavy atom. The highest BCUT2D eigenvalue weighted by molar-refractivity contribution is 5.92. The smallest absolute Gasteiger partial charge is 0.310 e. The zero-order valence-electron chi connectivity index (χ0n) is 14.7. The molecule has 5 nitrogen and oxygen atoms in total. The predicted molar refractivity (Wildman–Crippen MR) is 97.0 cm³/mol. The van der Waals surface area contributed by atoms with Gasteiger partial charge in [0.1, 0.15) is 5.75 Å². The third-order valence-corrected chi connectivity index (χ3v) is 3.70. The average Bonchev–Trinajstić information content (AvgIpc) is 2.54. The highest BCUT2D eigenvalue weighted by Crippen LogP contribution is 2.19. The molecule has 0 spiro atoms. The van der Waals surface area contributed by atoms with E-state index in [1.165, 1.54) is 0 Å². The molecule has 0 saturated heterocycles. The van der Waals surface area contributed by atoms with Crippen molar-refractivity contribution in [2.45, 2.75) is 39.2 Å². The van der Waals surface area contributed by atoms with Crippen LogP contribution in [0.3, 0.4) is 0 Å². The van der Waals surface area contributed by atoms with Gasteiger partial charge in [-0.05, 0) is 56.2 Å². The summed E-state index contributed by atoms with van der Waals surface area (Å²) < 4.78 is 5.63. The molecule has 0 heterocycles. The van der Waals surface area contributed by atoms with Crippen LogP contribution in [0.25, 0.3) is 0 Å². The number of carbonyl (C=O) groups excluding carboxylic acids is 1. The van der Waals surface area contributed by atoms with Crippen LogP contribution in [0.2, 0.25) is 0 Å². The molecule has 2 aromatic rings. The van der Waals surface area contributed by atoms with Crippen molar-refractivity contribution >= 4 is 17.6 Å². The molecule has 1 amide bonds. The number of aliphatic carboxylic acids is 1. The number of carboxylic acids is 1. The van der Waals surface area contributed by atoms with Crippen molar-refractivity contribution in [2.24, 2.45) is 0 Å². The van der Waals surface area contributed by atoms with Gasteiger partial charge in [-0.3, -0.25) is 9.59 Å². The minimum Gasteiger partial charge on any atom is -0.491 e. The number of carbonyl (C=O) groups is 2. The largest absolute Gasteiger partial charge is 0.491 e. The lowest BCUT2D eigenvalue weighted by molar-refractivity contribution is -0.138. The quantitative estimate of drug-likeness (QED) is 0.802. The third-order valence-electron chi connectivity index (χ3n) is 3.70. The maximum Gasteiger partial charge on any atom is 0.310 e. The van der Waals surface area contributed by atoms with Crippen molar-refractivity contribution in [2.75, 3.05) is 5.32 Å². The molecule has 25 heavy (non-hydrogen) atoms. The molecule has 0 aromatic heterocycles. The van der Waals surface area contributed by atoms with Crippen LogP contribution in [0.4, 0.5) is 5.69 Å². The Balaban J connectivity index is 1.97. The minimum atomic E-state index is -0.875. The molecule has 2 aromatic carbocycles. The number of anilines is 1. The fourth-order valence-electron chi connectivity index (χ4n) is 2.39. The topological polar surface area (TPSA) is 75.6 Å². The van der Waals surface area contributed by atoms with E-state index in [0.29, 0.717) is 11.3 Å². The van der Waals surface area contributed by atoms with Gasteiger partial charge < -0.3 is 15.2 Å². The number of nitrogens with one attached hydrogen (secondary N) is 1. The summed E-state index contributed by atoms with van der Waals surface area (Å²) in [5.74, 6) is -0.846. The number of carboxylic acid groups (broad SMARTS) is 1. The Morgan fingerprint density at radius 2 is 1.76 bits per heavy atom. The van der Waals surface area contributed by atoms with E-state index in [1.807, 2.05) is 38.1 Å². The van der Waals surface area contributed by atoms with Crippen LogP contribution in [0.15, 0.2) is 48.5 Å². The van der Waals surface area contributed by atoms with Crippen LogP contribution in [0.1, 0.15) is 37.8 Å². The monoisotopic (exact) mass is 341 g/mol. The summed E-state index contributed by atoms with van der Waals surface area (Å²) in [5, 5.41) is 11.8. The zero-order chi connectivity index (χ0) is 18.4. The second kappa shape index (κ2) is 8.33. The van der Waals surface area contributed by atoms with Gasteiger partial charge in [-0.1, -0.05) is 24.3 Å². The van der Waals surface area contributed by atoms with Crippen LogP contribution in [-0.4, -0.2) is 23.1 Å². The summed E-state index contributed by atoms with van der Waals surface area (Å²) in [6, 6.07) is 14.3. The van der Waals surface area contributed by atoms with E-state index in [9.17, 15) is 9.59 Å². The molecule has 2 rings (SSSR count). The Hall–Kier alpha value is -2.82. The van der Waals surface area contributed by atoms with Crippen molar-refractivity contribution in [3.05, 3.63) is 59.7 Å². The maximum atomic E-state index is 12.2. The number of ether oxygens (including phenoxy) is 1. The normalized spacial score (nSPS) is 11.8. The van der Waals surface area contributed by atoms with Gasteiger partial charge in [0.25, 0.3) is 0 Å². The molecule has 0 aliphatic heterocycles. The molecule has 0 aliphatic rings. The second-order valence-electron chi connectivity index (χ2n) is 6.22. The highest BCUT2D eigenvalue weighted by atomic mass is 16.5. The zero-order valence-corrected chi connectivity index (χ0v) is 14.7. The number of hydrogen-bond donors (Lipinski definition) is 2. The van der Waals surface area contributed by atoms with E-state index >= 15 is 0 Å². The van der Waals surface area contributed by atoms with Crippen LogP contribution in [0.5, 0.6) is 5.75 Å². The first-order valence-corrected chi connectivity index (χ1v) is 8.23. The summed E-state index contributed by atoms with van der Waals surface area (Å²) in [6.45, 7) is 5.53. The van der Waals surface area contributed by atoms with Gasteiger partial charge >= 0.3 is 5.97 Å². The van der Waals surface area contributed by atoms with Gasteiger partial charge in [0, 0.05) is 5.69 Å². The van der Waals surface area contributed by atoms with E-state index < -0.39 is 11.9 Å². The second-order valence-corrected chi connectivity index (χ2v) is 6.22. The lowest BCUT2D eigenvalue weighted by Gasteiger charge is -2.11. The van der Waals surface area contributed by atoms with E-state index in [2.05, 4.69) is 5.32 Å². The summed E-state index contributed by atoms with van der Waals surface area (Å²) in [5.41, 5.74) is 2.21. The van der Waals surface area contributed by atoms with Gasteiger partial charge in [0.2, 0.25) is 5.91 Å². The van der Waals surface area contributed by atoms with Crippen molar-refractivity contribution in [3.63, 3.8) is 0 Å². The molecule has 0 saturated carbocycles. The molecule has 0 bridgehead atoms. The molecule has 1 unspecified atom stereocenters. The molecule has 0 aliphatic carbocycles. The molecular formula is C20H23NO4. The number of hydrogen-bond acceptors (Lipinski definition) is 3. The SMILES string of the molecule is CC(C)Oc1cccc(CC(=O)Nc2ccc(C(C)C(=O)O)cc2)c1. The molecule has 5 heteroatoms.